The zero-order valence-corrected chi connectivity index (χ0v) is 14.3. The Bertz CT molecular complexity index is 419. The van der Waals surface area contributed by atoms with E-state index >= 15 is 0 Å². The molecule has 0 spiro atoms. The fraction of sp³-hybridized carbons (Fsp3) is 0.667. The van der Waals surface area contributed by atoms with Crippen molar-refractivity contribution in [2.75, 3.05) is 33.2 Å². The summed E-state index contributed by atoms with van der Waals surface area (Å²) >= 11 is 0. The van der Waals surface area contributed by atoms with E-state index in [1.165, 1.54) is 37.3 Å². The van der Waals surface area contributed by atoms with Gasteiger partial charge < -0.3 is 5.32 Å². The van der Waals surface area contributed by atoms with Gasteiger partial charge in [0.25, 0.3) is 0 Å². The summed E-state index contributed by atoms with van der Waals surface area (Å²) in [5.41, 5.74) is 2.72. The molecule has 1 saturated heterocycles. The average molecular weight is 289 g/mol. The standard InChI is InChI=1S/C18H31N3/c1-14(2)20-10-12-21(13-11-20)16(4)18(19-5)17-8-6-15(3)7-9-17/h6-9,14,16,18-19H,10-13H2,1-5H3. The highest BCUT2D eigenvalue weighted by atomic mass is 15.3. The highest BCUT2D eigenvalue weighted by Gasteiger charge is 2.27. The van der Waals surface area contributed by atoms with E-state index < -0.39 is 0 Å². The second kappa shape index (κ2) is 7.39. The Hall–Kier alpha value is -0.900. The Kier molecular flexibility index (Phi) is 5.80. The van der Waals surface area contributed by atoms with E-state index in [9.17, 15) is 0 Å². The van der Waals surface area contributed by atoms with Crippen molar-refractivity contribution >= 4 is 0 Å². The number of benzene rings is 1. The van der Waals surface area contributed by atoms with E-state index in [-0.39, 0.29) is 0 Å². The van der Waals surface area contributed by atoms with Crippen LogP contribution >= 0.6 is 0 Å². The van der Waals surface area contributed by atoms with Gasteiger partial charge in [0.05, 0.1) is 0 Å². The van der Waals surface area contributed by atoms with Crippen molar-refractivity contribution in [3.05, 3.63) is 35.4 Å². The molecule has 0 bridgehead atoms. The number of hydrogen-bond acceptors (Lipinski definition) is 3. The molecule has 2 unspecified atom stereocenters. The van der Waals surface area contributed by atoms with Crippen molar-refractivity contribution in [2.24, 2.45) is 0 Å². The quantitative estimate of drug-likeness (QED) is 0.899. The molecule has 0 aromatic heterocycles. The van der Waals surface area contributed by atoms with Crippen molar-refractivity contribution in [3.8, 4) is 0 Å². The molecule has 2 rings (SSSR count). The predicted octanol–water partition coefficient (Wildman–Crippen LogP) is 2.67. The lowest BCUT2D eigenvalue weighted by Gasteiger charge is -2.42. The lowest BCUT2D eigenvalue weighted by atomic mass is 9.97. The lowest BCUT2D eigenvalue weighted by molar-refractivity contribution is 0.0709. The van der Waals surface area contributed by atoms with E-state index in [0.717, 1.165) is 0 Å². The minimum absolute atomic E-state index is 0.399. The van der Waals surface area contributed by atoms with Crippen LogP contribution in [0.2, 0.25) is 0 Å². The Morgan fingerprint density at radius 1 is 0.905 bits per heavy atom. The number of likely N-dealkylation sites (N-methyl/N-ethyl adjacent to an activating group) is 1. The van der Waals surface area contributed by atoms with Gasteiger partial charge in [0.2, 0.25) is 0 Å². The van der Waals surface area contributed by atoms with Gasteiger partial charge >= 0.3 is 0 Å². The molecule has 1 fully saturated rings. The van der Waals surface area contributed by atoms with Gasteiger partial charge in [0.15, 0.2) is 0 Å². The van der Waals surface area contributed by atoms with Crippen LogP contribution < -0.4 is 5.32 Å². The summed E-state index contributed by atoms with van der Waals surface area (Å²) in [6.45, 7) is 13.8. The van der Waals surface area contributed by atoms with E-state index in [2.05, 4.69) is 74.1 Å². The molecule has 1 aromatic carbocycles. The Labute approximate surface area is 130 Å². The van der Waals surface area contributed by atoms with Gasteiger partial charge in [0.1, 0.15) is 0 Å². The summed E-state index contributed by atoms with van der Waals surface area (Å²) in [5.74, 6) is 0. The van der Waals surface area contributed by atoms with Gasteiger partial charge in [-0.1, -0.05) is 29.8 Å². The first-order valence-corrected chi connectivity index (χ1v) is 8.25. The summed E-state index contributed by atoms with van der Waals surface area (Å²) < 4.78 is 0. The van der Waals surface area contributed by atoms with Crippen molar-refractivity contribution in [1.29, 1.82) is 0 Å². The topological polar surface area (TPSA) is 18.5 Å². The number of rotatable bonds is 5. The Morgan fingerprint density at radius 2 is 1.43 bits per heavy atom. The zero-order chi connectivity index (χ0) is 15.4. The van der Waals surface area contributed by atoms with E-state index in [4.69, 9.17) is 0 Å². The van der Waals surface area contributed by atoms with E-state index in [1.807, 2.05) is 0 Å². The van der Waals surface area contributed by atoms with Gasteiger partial charge in [0, 0.05) is 44.3 Å². The summed E-state index contributed by atoms with van der Waals surface area (Å²) in [7, 11) is 2.07. The summed E-state index contributed by atoms with van der Waals surface area (Å²) in [5, 5.41) is 3.51. The Balaban J connectivity index is 2.00. The summed E-state index contributed by atoms with van der Waals surface area (Å²) in [6, 6.07) is 10.5. The second-order valence-electron chi connectivity index (χ2n) is 6.58. The third-order valence-electron chi connectivity index (χ3n) is 4.88. The van der Waals surface area contributed by atoms with Crippen LogP contribution in [-0.4, -0.2) is 55.1 Å². The molecule has 0 saturated carbocycles. The predicted molar refractivity (Wildman–Crippen MR) is 90.7 cm³/mol. The third kappa shape index (κ3) is 4.06. The van der Waals surface area contributed by atoms with Crippen LogP contribution in [0.15, 0.2) is 24.3 Å². The highest BCUT2D eigenvalue weighted by Crippen LogP contribution is 2.22. The van der Waals surface area contributed by atoms with Crippen molar-refractivity contribution in [1.82, 2.24) is 15.1 Å². The number of hydrogen-bond donors (Lipinski definition) is 1. The molecule has 1 N–H and O–H groups in total. The van der Waals surface area contributed by atoms with Crippen LogP contribution in [0.3, 0.4) is 0 Å². The van der Waals surface area contributed by atoms with Crippen molar-refractivity contribution < 1.29 is 0 Å². The van der Waals surface area contributed by atoms with Crippen LogP contribution in [0.4, 0.5) is 0 Å². The molecule has 1 heterocycles. The fourth-order valence-electron chi connectivity index (χ4n) is 3.33. The molecule has 0 aliphatic carbocycles. The fourth-order valence-corrected chi connectivity index (χ4v) is 3.33. The molecule has 1 aliphatic rings. The third-order valence-corrected chi connectivity index (χ3v) is 4.88. The number of nitrogens with one attached hydrogen (secondary N) is 1. The minimum atomic E-state index is 0.399. The molecule has 3 nitrogen and oxygen atoms in total. The molecule has 1 aliphatic heterocycles. The molecule has 1 aromatic rings. The minimum Gasteiger partial charge on any atom is -0.312 e. The Morgan fingerprint density at radius 3 is 1.90 bits per heavy atom. The largest absolute Gasteiger partial charge is 0.312 e. The molecule has 0 radical (unpaired) electrons. The first-order valence-electron chi connectivity index (χ1n) is 8.25. The highest BCUT2D eigenvalue weighted by molar-refractivity contribution is 5.25. The molecular formula is C18H31N3. The molecular weight excluding hydrogens is 258 g/mol. The normalized spacial score (nSPS) is 20.7. The molecule has 118 valence electrons. The number of piperazine rings is 1. The van der Waals surface area contributed by atoms with Gasteiger partial charge in [-0.2, -0.15) is 0 Å². The lowest BCUT2D eigenvalue weighted by Crippen LogP contribution is -2.53. The van der Waals surface area contributed by atoms with Gasteiger partial charge in [-0.25, -0.2) is 0 Å². The van der Waals surface area contributed by atoms with Gasteiger partial charge in [-0.3, -0.25) is 9.80 Å². The second-order valence-corrected chi connectivity index (χ2v) is 6.58. The van der Waals surface area contributed by atoms with Crippen molar-refractivity contribution in [3.63, 3.8) is 0 Å². The van der Waals surface area contributed by atoms with Crippen LogP contribution in [-0.2, 0) is 0 Å². The molecule has 21 heavy (non-hydrogen) atoms. The maximum Gasteiger partial charge on any atom is 0.0473 e. The van der Waals surface area contributed by atoms with Crippen LogP contribution in [0, 0.1) is 6.92 Å². The first kappa shape index (κ1) is 16.5. The van der Waals surface area contributed by atoms with E-state index in [0.29, 0.717) is 18.1 Å². The molecule has 3 heteroatoms. The zero-order valence-electron chi connectivity index (χ0n) is 14.3. The SMILES string of the molecule is CNC(c1ccc(C)cc1)C(C)N1CCN(C(C)C)CC1. The van der Waals surface area contributed by atoms with Crippen LogP contribution in [0.25, 0.3) is 0 Å². The maximum atomic E-state index is 3.51. The van der Waals surface area contributed by atoms with Gasteiger partial charge in [-0.05, 0) is 40.3 Å². The van der Waals surface area contributed by atoms with E-state index in [1.54, 1.807) is 0 Å². The summed E-state index contributed by atoms with van der Waals surface area (Å²) in [6.07, 6.45) is 0. The number of aryl methyl sites for hydroxylation is 1. The first-order chi connectivity index (χ1) is 10.0. The monoisotopic (exact) mass is 289 g/mol. The summed E-state index contributed by atoms with van der Waals surface area (Å²) in [4.78, 5) is 5.20. The average Bonchev–Trinajstić information content (AvgIpc) is 2.50. The smallest absolute Gasteiger partial charge is 0.0473 e. The van der Waals surface area contributed by atoms with Gasteiger partial charge in [-0.15, -0.1) is 0 Å². The maximum absolute atomic E-state index is 3.51. The number of nitrogens with zero attached hydrogens (tertiary/aromatic N) is 2. The van der Waals surface area contributed by atoms with Crippen molar-refractivity contribution in [2.45, 2.75) is 45.8 Å². The van der Waals surface area contributed by atoms with Crippen LogP contribution in [0.1, 0.15) is 37.9 Å². The molecule has 2 atom stereocenters. The van der Waals surface area contributed by atoms with Crippen LogP contribution in [0.5, 0.6) is 0 Å². The molecule has 0 amide bonds.